The Morgan fingerprint density at radius 3 is 2.90 bits per heavy atom. The molecule has 0 aliphatic carbocycles. The summed E-state index contributed by atoms with van der Waals surface area (Å²) in [6.45, 7) is 2.84. The molecule has 30 heavy (non-hydrogen) atoms. The Morgan fingerprint density at radius 1 is 1.30 bits per heavy atom. The number of aromatic nitrogens is 2. The van der Waals surface area contributed by atoms with Gasteiger partial charge in [0.25, 0.3) is 17.4 Å². The number of aromatic amines is 1. The molecule has 0 spiro atoms. The quantitative estimate of drug-likeness (QED) is 0.759. The van der Waals surface area contributed by atoms with Crippen molar-refractivity contribution in [1.29, 1.82) is 0 Å². The van der Waals surface area contributed by atoms with Crippen LogP contribution >= 0.6 is 0 Å². The number of fused-ring (bicyclic) bond motifs is 1. The van der Waals surface area contributed by atoms with Gasteiger partial charge in [0.05, 0.1) is 18.7 Å². The lowest BCUT2D eigenvalue weighted by molar-refractivity contribution is -0.118. The number of hydrogen-bond donors (Lipinski definition) is 2. The molecule has 0 radical (unpaired) electrons. The summed E-state index contributed by atoms with van der Waals surface area (Å²) in [6.07, 6.45) is 2.86. The molecule has 2 N–H and O–H groups in total. The average molecular weight is 409 g/mol. The Hall–Kier alpha value is -3.49. The number of methoxy groups -OCH3 is 1. The molecule has 9 heteroatoms. The number of nitrogens with zero attached hydrogens (tertiary/aromatic N) is 3. The second-order valence-electron chi connectivity index (χ2n) is 7.47. The van der Waals surface area contributed by atoms with E-state index in [2.05, 4.69) is 27.2 Å². The van der Waals surface area contributed by atoms with Gasteiger partial charge < -0.3 is 15.0 Å². The molecule has 1 saturated heterocycles. The molecule has 9 nitrogen and oxygen atoms in total. The van der Waals surface area contributed by atoms with Gasteiger partial charge in [0.15, 0.2) is 5.49 Å². The van der Waals surface area contributed by atoms with Gasteiger partial charge in [-0.1, -0.05) is 6.07 Å². The van der Waals surface area contributed by atoms with Crippen LogP contribution in [0.1, 0.15) is 32.6 Å². The number of carbonyl (C=O) groups is 2. The van der Waals surface area contributed by atoms with E-state index in [1.165, 1.54) is 7.11 Å². The molecule has 2 aromatic rings. The van der Waals surface area contributed by atoms with E-state index in [1.54, 1.807) is 24.3 Å². The highest BCUT2D eigenvalue weighted by atomic mass is 16.5. The van der Waals surface area contributed by atoms with Crippen LogP contribution in [0.15, 0.2) is 34.1 Å². The third-order valence-corrected chi connectivity index (χ3v) is 5.42. The van der Waals surface area contributed by atoms with Crippen LogP contribution in [0.2, 0.25) is 0 Å². The van der Waals surface area contributed by atoms with Gasteiger partial charge in [-0.3, -0.25) is 19.4 Å². The fourth-order valence-electron chi connectivity index (χ4n) is 3.85. The molecule has 2 amide bonds. The third-order valence-electron chi connectivity index (χ3n) is 5.42. The first-order valence-corrected chi connectivity index (χ1v) is 9.93. The molecule has 2 aliphatic heterocycles. The molecule has 156 valence electrons. The maximum atomic E-state index is 12.9. The number of carbonyl (C=O) groups excluding carboxylic acids is 2. The summed E-state index contributed by atoms with van der Waals surface area (Å²) in [6, 6.07) is 7.05. The number of anilines is 2. The zero-order valence-electron chi connectivity index (χ0n) is 16.9. The van der Waals surface area contributed by atoms with Crippen LogP contribution in [0, 0.1) is 0 Å². The van der Waals surface area contributed by atoms with Gasteiger partial charge in [-0.2, -0.15) is 9.98 Å². The normalized spacial score (nSPS) is 18.5. The minimum atomic E-state index is -0.542. The highest BCUT2D eigenvalue weighted by Crippen LogP contribution is 2.20. The summed E-state index contributed by atoms with van der Waals surface area (Å²) in [5.41, 5.74) is 0.0738. The number of rotatable bonds is 4. The number of piperidine rings is 1. The van der Waals surface area contributed by atoms with E-state index in [4.69, 9.17) is 4.74 Å². The van der Waals surface area contributed by atoms with E-state index in [1.807, 2.05) is 4.90 Å². The fraction of sp³-hybridized carbons (Fsp3) is 0.381. The van der Waals surface area contributed by atoms with Crippen LogP contribution < -0.4 is 31.2 Å². The summed E-state index contributed by atoms with van der Waals surface area (Å²) in [5, 5.41) is 2.76. The Labute approximate surface area is 172 Å². The predicted molar refractivity (Wildman–Crippen MR) is 111 cm³/mol. The van der Waals surface area contributed by atoms with Gasteiger partial charge in [-0.25, -0.2) is 0 Å². The van der Waals surface area contributed by atoms with Crippen molar-refractivity contribution in [1.82, 2.24) is 9.97 Å². The largest absolute Gasteiger partial charge is 0.497 e. The molecular weight excluding hydrogens is 386 g/mol. The van der Waals surface area contributed by atoms with E-state index < -0.39 is 17.4 Å². The number of H-pyrrole nitrogens is 1. The summed E-state index contributed by atoms with van der Waals surface area (Å²) in [7, 11) is 1.53. The summed E-state index contributed by atoms with van der Waals surface area (Å²) < 4.78 is 5.16. The van der Waals surface area contributed by atoms with E-state index in [0.717, 1.165) is 25.8 Å². The number of ether oxygens (including phenoxy) is 1. The topological polar surface area (TPSA) is 117 Å². The molecule has 0 bridgehead atoms. The maximum Gasteiger partial charge on any atom is 0.262 e. The predicted octanol–water partition coefficient (Wildman–Crippen LogP) is 0.497. The first-order valence-electron chi connectivity index (χ1n) is 9.93. The molecule has 1 unspecified atom stereocenters. The van der Waals surface area contributed by atoms with E-state index in [9.17, 15) is 14.4 Å². The van der Waals surface area contributed by atoms with E-state index in [0.29, 0.717) is 17.4 Å². The van der Waals surface area contributed by atoms with Crippen LogP contribution in [0.3, 0.4) is 0 Å². The second kappa shape index (κ2) is 8.10. The smallest absolute Gasteiger partial charge is 0.262 e. The molecule has 0 saturated carbocycles. The number of nitrogens with one attached hydrogen (secondary N) is 2. The first-order chi connectivity index (χ1) is 14.5. The lowest BCUT2D eigenvalue weighted by Crippen LogP contribution is -2.51. The summed E-state index contributed by atoms with van der Waals surface area (Å²) in [5.74, 6) is -0.0853. The molecule has 1 atom stereocenters. The van der Waals surface area contributed by atoms with Gasteiger partial charge >= 0.3 is 0 Å². The minimum absolute atomic E-state index is 0.00133. The Morgan fingerprint density at radius 2 is 2.13 bits per heavy atom. The molecule has 1 aromatic carbocycles. The Kier molecular flexibility index (Phi) is 5.35. The molecular formula is C21H23N5O4. The lowest BCUT2D eigenvalue weighted by Gasteiger charge is -2.33. The molecule has 3 heterocycles. The van der Waals surface area contributed by atoms with Crippen molar-refractivity contribution in [3.63, 3.8) is 0 Å². The van der Waals surface area contributed by atoms with Gasteiger partial charge in [0.1, 0.15) is 5.75 Å². The Balaban J connectivity index is 1.76. The monoisotopic (exact) mass is 409 g/mol. The Bertz CT molecular complexity index is 1190. The highest BCUT2D eigenvalue weighted by Gasteiger charge is 2.25. The lowest BCUT2D eigenvalue weighted by atomic mass is 10.0. The van der Waals surface area contributed by atoms with Crippen molar-refractivity contribution in [2.75, 3.05) is 23.9 Å². The van der Waals surface area contributed by atoms with Crippen LogP contribution in [0.5, 0.6) is 5.75 Å². The molecule has 1 aromatic heterocycles. The standard InChI is InChI=1S/C21H23N5O4/c1-12-6-3-4-9-26(12)21-24-18-17(20(29)25-21)15(11-16(27)23-18)19(28)22-13-7-5-8-14(10-13)30-2/h5,7-8,10,12H,3-4,6,9,11H2,1-2H3,(H,22,28)(H,23,24,25,27,29). The highest BCUT2D eigenvalue weighted by molar-refractivity contribution is 6.23. The maximum absolute atomic E-state index is 12.9. The zero-order valence-corrected chi connectivity index (χ0v) is 16.9. The first kappa shape index (κ1) is 19.8. The molecule has 1 fully saturated rings. The van der Waals surface area contributed by atoms with Gasteiger partial charge in [0.2, 0.25) is 5.95 Å². The van der Waals surface area contributed by atoms with Crippen LogP contribution in [0.4, 0.5) is 11.6 Å². The number of benzene rings is 1. The number of amides is 2. The second-order valence-corrected chi connectivity index (χ2v) is 7.47. The van der Waals surface area contributed by atoms with Crippen molar-refractivity contribution in [3.8, 4) is 5.75 Å². The van der Waals surface area contributed by atoms with Gasteiger partial charge in [-0.05, 0) is 38.3 Å². The van der Waals surface area contributed by atoms with Gasteiger partial charge in [0, 0.05) is 29.9 Å². The third kappa shape index (κ3) is 3.83. The average Bonchev–Trinajstić information content (AvgIpc) is 2.73. The fourth-order valence-corrected chi connectivity index (χ4v) is 3.85. The minimum Gasteiger partial charge on any atom is -0.497 e. The van der Waals surface area contributed by atoms with Crippen molar-refractivity contribution < 1.29 is 14.3 Å². The van der Waals surface area contributed by atoms with Crippen molar-refractivity contribution in [2.24, 2.45) is 4.99 Å². The van der Waals surface area contributed by atoms with Crippen molar-refractivity contribution in [2.45, 2.75) is 38.6 Å². The van der Waals surface area contributed by atoms with Crippen molar-refractivity contribution >= 4 is 29.0 Å². The van der Waals surface area contributed by atoms with Crippen molar-refractivity contribution in [3.05, 3.63) is 45.3 Å². The molecule has 2 aliphatic rings. The SMILES string of the molecule is COc1cccc(NC(=O)C2=c3c(nc(N4CCCCC4C)[nH]c3=O)=NC(=O)C2)c1. The summed E-state index contributed by atoms with van der Waals surface area (Å²) in [4.78, 5) is 51.1. The zero-order chi connectivity index (χ0) is 21.3. The van der Waals surface area contributed by atoms with Crippen LogP contribution in [-0.4, -0.2) is 41.5 Å². The van der Waals surface area contributed by atoms with E-state index in [-0.39, 0.29) is 28.7 Å². The van der Waals surface area contributed by atoms with Crippen LogP contribution in [0.25, 0.3) is 5.57 Å². The van der Waals surface area contributed by atoms with Gasteiger partial charge in [-0.15, -0.1) is 0 Å². The molecule has 4 rings (SSSR count). The van der Waals surface area contributed by atoms with Crippen LogP contribution in [-0.2, 0) is 9.59 Å². The van der Waals surface area contributed by atoms with E-state index >= 15 is 0 Å². The number of hydrogen-bond acceptors (Lipinski definition) is 6. The summed E-state index contributed by atoms with van der Waals surface area (Å²) >= 11 is 0.